The van der Waals surface area contributed by atoms with Crippen LogP contribution in [-0.4, -0.2) is 22.0 Å². The molecule has 0 aromatic carbocycles. The molecule has 0 spiro atoms. The Morgan fingerprint density at radius 1 is 1.21 bits per heavy atom. The fraction of sp³-hybridized carbons (Fsp3) is 0.435. The molecule has 0 aliphatic carbocycles. The van der Waals surface area contributed by atoms with Crippen molar-refractivity contribution in [2.45, 2.75) is 65.2 Å². The van der Waals surface area contributed by atoms with Crippen LogP contribution in [0.25, 0.3) is 0 Å². The third kappa shape index (κ3) is 8.34. The van der Waals surface area contributed by atoms with Crippen molar-refractivity contribution in [3.8, 4) is 5.75 Å². The summed E-state index contributed by atoms with van der Waals surface area (Å²) < 4.78 is 5.25. The summed E-state index contributed by atoms with van der Waals surface area (Å²) in [5.41, 5.74) is -0.920. The zero-order valence-electron chi connectivity index (χ0n) is 17.3. The average molecular weight is 402 g/mol. The lowest BCUT2D eigenvalue weighted by molar-refractivity contribution is -0.131. The minimum Gasteiger partial charge on any atom is -0.507 e. The van der Waals surface area contributed by atoms with Crippen molar-refractivity contribution in [2.24, 2.45) is 0 Å². The summed E-state index contributed by atoms with van der Waals surface area (Å²) in [5.74, 6) is -1.97. The molecule has 1 heterocycles. The summed E-state index contributed by atoms with van der Waals surface area (Å²) in [6.07, 6.45) is 13.3. The quantitative estimate of drug-likeness (QED) is 0.217. The summed E-state index contributed by atoms with van der Waals surface area (Å²) in [6, 6.07) is 1.29. The molecule has 0 bridgehead atoms. The Kier molecular flexibility index (Phi) is 10.4. The van der Waals surface area contributed by atoms with E-state index < -0.39 is 23.1 Å². The van der Waals surface area contributed by atoms with Gasteiger partial charge >= 0.3 is 11.6 Å². The second-order valence-corrected chi connectivity index (χ2v) is 7.02. The third-order valence-electron chi connectivity index (χ3n) is 4.50. The van der Waals surface area contributed by atoms with E-state index in [1.54, 1.807) is 26.0 Å². The number of allylic oxidation sites excluding steroid dienone is 5. The van der Waals surface area contributed by atoms with Crippen LogP contribution < -0.4 is 5.63 Å². The van der Waals surface area contributed by atoms with Gasteiger partial charge in [0.15, 0.2) is 5.78 Å². The second-order valence-electron chi connectivity index (χ2n) is 7.02. The molecule has 1 atom stereocenters. The van der Waals surface area contributed by atoms with Gasteiger partial charge in [0.2, 0.25) is 0 Å². The number of hydrogen-bond donors (Lipinski definition) is 2. The van der Waals surface area contributed by atoms with E-state index in [2.05, 4.69) is 6.92 Å². The highest BCUT2D eigenvalue weighted by atomic mass is 16.4. The first-order valence-corrected chi connectivity index (χ1v) is 9.92. The van der Waals surface area contributed by atoms with Crippen LogP contribution >= 0.6 is 0 Å². The van der Waals surface area contributed by atoms with Crippen molar-refractivity contribution in [1.82, 2.24) is 0 Å². The van der Waals surface area contributed by atoms with Gasteiger partial charge in [-0.25, -0.2) is 9.59 Å². The Bertz CT molecular complexity index is 841. The van der Waals surface area contributed by atoms with Crippen molar-refractivity contribution >= 4 is 11.8 Å². The van der Waals surface area contributed by atoms with Crippen LogP contribution in [0.15, 0.2) is 51.2 Å². The summed E-state index contributed by atoms with van der Waals surface area (Å²) in [4.78, 5) is 35.3. The summed E-state index contributed by atoms with van der Waals surface area (Å²) in [5, 5.41) is 18.8. The molecular formula is C23H30O6. The number of unbranched alkanes of at least 4 members (excludes halogenated alkanes) is 3. The molecule has 0 saturated carbocycles. The van der Waals surface area contributed by atoms with Gasteiger partial charge in [-0.1, -0.05) is 51.0 Å². The van der Waals surface area contributed by atoms with Crippen LogP contribution in [0, 0.1) is 0 Å². The van der Waals surface area contributed by atoms with E-state index in [0.717, 1.165) is 31.8 Å². The Morgan fingerprint density at radius 3 is 2.55 bits per heavy atom. The third-order valence-corrected chi connectivity index (χ3v) is 4.50. The fourth-order valence-electron chi connectivity index (χ4n) is 2.72. The van der Waals surface area contributed by atoms with E-state index in [-0.39, 0.29) is 17.2 Å². The molecule has 1 rings (SSSR count). The Hall–Kier alpha value is -2.89. The van der Waals surface area contributed by atoms with E-state index in [1.165, 1.54) is 12.1 Å². The molecule has 0 aliphatic rings. The molecule has 1 aromatic heterocycles. The average Bonchev–Trinajstić information content (AvgIpc) is 2.66. The molecule has 6 nitrogen and oxygen atoms in total. The molecule has 0 amide bonds. The van der Waals surface area contributed by atoms with Crippen LogP contribution in [0.1, 0.15) is 81.3 Å². The number of rotatable bonds is 12. The molecule has 2 N–H and O–H groups in total. The maximum atomic E-state index is 12.5. The number of carbonyl (C=O) groups excluding carboxylic acids is 1. The first-order chi connectivity index (χ1) is 13.8. The zero-order valence-corrected chi connectivity index (χ0v) is 17.3. The van der Waals surface area contributed by atoms with Crippen LogP contribution in [0.3, 0.4) is 0 Å². The van der Waals surface area contributed by atoms with E-state index >= 15 is 0 Å². The van der Waals surface area contributed by atoms with Crippen LogP contribution in [0.4, 0.5) is 0 Å². The Balaban J connectivity index is 2.86. The molecule has 0 radical (unpaired) electrons. The van der Waals surface area contributed by atoms with Gasteiger partial charge in [-0.15, -0.1) is 0 Å². The fourth-order valence-corrected chi connectivity index (χ4v) is 2.72. The van der Waals surface area contributed by atoms with Crippen molar-refractivity contribution in [3.63, 3.8) is 0 Å². The van der Waals surface area contributed by atoms with Gasteiger partial charge in [0.25, 0.3) is 0 Å². The van der Waals surface area contributed by atoms with E-state index in [9.17, 15) is 19.5 Å². The highest BCUT2D eigenvalue weighted by molar-refractivity contribution is 6.09. The van der Waals surface area contributed by atoms with Gasteiger partial charge < -0.3 is 14.6 Å². The van der Waals surface area contributed by atoms with Gasteiger partial charge in [-0.05, 0) is 38.2 Å². The number of carboxylic acids is 1. The second kappa shape index (κ2) is 12.5. The molecule has 158 valence electrons. The Morgan fingerprint density at radius 2 is 1.93 bits per heavy atom. The standard InChI is InChI=1S/C23H30O6/c1-4-5-6-7-8-9-13-17(3)22(27)21-18(24)15-19(29-23(21)28)16(2)12-10-11-14-20(25)26/h8-9,11,13-16,24H,4-7,10,12H2,1-3H3,(H,25,26). The number of aromatic hydroxyl groups is 1. The van der Waals surface area contributed by atoms with Crippen LogP contribution in [-0.2, 0) is 4.79 Å². The predicted molar refractivity (Wildman–Crippen MR) is 112 cm³/mol. The van der Waals surface area contributed by atoms with Crippen molar-refractivity contribution in [2.75, 3.05) is 0 Å². The molecule has 0 fully saturated rings. The lowest BCUT2D eigenvalue weighted by Gasteiger charge is -2.10. The normalized spacial score (nSPS) is 13.3. The minimum absolute atomic E-state index is 0.223. The molecule has 6 heteroatoms. The molecule has 29 heavy (non-hydrogen) atoms. The first kappa shape index (κ1) is 24.1. The predicted octanol–water partition coefficient (Wildman–Crippen LogP) is 5.14. The number of hydrogen-bond acceptors (Lipinski definition) is 5. The largest absolute Gasteiger partial charge is 0.507 e. The lowest BCUT2D eigenvalue weighted by atomic mass is 9.99. The summed E-state index contributed by atoms with van der Waals surface area (Å²) in [7, 11) is 0. The number of Topliss-reactive ketones (excluding diaryl/α,β-unsaturated/α-hetero) is 1. The SMILES string of the molecule is CCCCCC=CC=C(C)C(=O)c1c(O)cc(C(C)CCC=CC(=O)O)oc1=O. The topological polar surface area (TPSA) is 105 Å². The van der Waals surface area contributed by atoms with E-state index in [0.29, 0.717) is 18.4 Å². The number of aliphatic carboxylic acids is 1. The van der Waals surface area contributed by atoms with Crippen molar-refractivity contribution < 1.29 is 24.2 Å². The maximum Gasteiger partial charge on any atom is 0.351 e. The molecule has 0 aliphatic heterocycles. The van der Waals surface area contributed by atoms with E-state index in [1.807, 2.05) is 6.08 Å². The smallest absolute Gasteiger partial charge is 0.351 e. The van der Waals surface area contributed by atoms with Crippen molar-refractivity contribution in [3.05, 3.63) is 63.8 Å². The molecular weight excluding hydrogens is 372 g/mol. The Labute approximate surface area is 171 Å². The zero-order chi connectivity index (χ0) is 21.8. The first-order valence-electron chi connectivity index (χ1n) is 9.92. The van der Waals surface area contributed by atoms with Crippen LogP contribution in [0.2, 0.25) is 0 Å². The molecule has 1 unspecified atom stereocenters. The molecule has 1 aromatic rings. The maximum absolute atomic E-state index is 12.5. The summed E-state index contributed by atoms with van der Waals surface area (Å²) in [6.45, 7) is 5.51. The van der Waals surface area contributed by atoms with Gasteiger partial charge in [0.1, 0.15) is 17.1 Å². The van der Waals surface area contributed by atoms with Gasteiger partial charge in [-0.3, -0.25) is 4.79 Å². The number of ketones is 1. The highest BCUT2D eigenvalue weighted by Gasteiger charge is 2.21. The molecule has 0 saturated heterocycles. The highest BCUT2D eigenvalue weighted by Crippen LogP contribution is 2.25. The number of carboxylic acid groups (broad SMARTS) is 1. The number of carbonyl (C=O) groups is 2. The van der Waals surface area contributed by atoms with Crippen molar-refractivity contribution in [1.29, 1.82) is 0 Å². The van der Waals surface area contributed by atoms with Gasteiger partial charge in [0.05, 0.1) is 0 Å². The van der Waals surface area contributed by atoms with Crippen LogP contribution in [0.5, 0.6) is 5.75 Å². The van der Waals surface area contributed by atoms with E-state index in [4.69, 9.17) is 9.52 Å². The summed E-state index contributed by atoms with van der Waals surface area (Å²) >= 11 is 0. The monoisotopic (exact) mass is 402 g/mol. The van der Waals surface area contributed by atoms with Gasteiger partial charge in [0, 0.05) is 18.1 Å². The lowest BCUT2D eigenvalue weighted by Crippen LogP contribution is -2.16. The van der Waals surface area contributed by atoms with Gasteiger partial charge in [-0.2, -0.15) is 0 Å². The minimum atomic E-state index is -1.02.